The van der Waals surface area contributed by atoms with Crippen LogP contribution in [0.15, 0.2) is 47.4 Å². The van der Waals surface area contributed by atoms with E-state index < -0.39 is 12.6 Å². The third-order valence-electron chi connectivity index (χ3n) is 3.89. The Labute approximate surface area is 171 Å². The van der Waals surface area contributed by atoms with E-state index in [1.165, 1.54) is 23.8 Å². The number of carbonyl (C=O) groups excluding carboxylic acids is 1. The second-order valence-corrected chi connectivity index (χ2v) is 7.62. The minimum atomic E-state index is -1.08. The molecule has 8 heteroatoms. The Bertz CT molecular complexity index is 986. The normalized spacial score (nSPS) is 15.2. The van der Waals surface area contributed by atoms with Gasteiger partial charge in [0.2, 0.25) is 0 Å². The number of hydrogen-bond donors (Lipinski definition) is 1. The van der Waals surface area contributed by atoms with Crippen molar-refractivity contribution in [2.24, 2.45) is 0 Å². The largest absolute Gasteiger partial charge is 0.493 e. The van der Waals surface area contributed by atoms with Crippen LogP contribution in [0.1, 0.15) is 11.1 Å². The van der Waals surface area contributed by atoms with Crippen LogP contribution in [-0.2, 0) is 9.59 Å². The van der Waals surface area contributed by atoms with Crippen LogP contribution in [-0.4, -0.2) is 35.0 Å². The van der Waals surface area contributed by atoms with Crippen LogP contribution in [0.5, 0.6) is 11.5 Å². The summed E-state index contributed by atoms with van der Waals surface area (Å²) in [6.45, 7) is 1.49. The van der Waals surface area contributed by atoms with Gasteiger partial charge in [-0.1, -0.05) is 42.2 Å². The quantitative estimate of drug-likeness (QED) is 0.567. The van der Waals surface area contributed by atoms with Gasteiger partial charge in [0, 0.05) is 0 Å². The Kier molecular flexibility index (Phi) is 6.01. The SMILES string of the molecule is COc1cc(/C=C2\SC(=S)N(c3cccc(C)c3)C2=O)ccc1OCC(=O)O. The number of amides is 1. The van der Waals surface area contributed by atoms with Gasteiger partial charge in [0.25, 0.3) is 5.91 Å². The lowest BCUT2D eigenvalue weighted by Crippen LogP contribution is -2.27. The van der Waals surface area contributed by atoms with Crippen LogP contribution in [0.4, 0.5) is 5.69 Å². The number of nitrogens with zero attached hydrogens (tertiary/aromatic N) is 1. The van der Waals surface area contributed by atoms with E-state index in [1.54, 1.807) is 24.3 Å². The molecule has 0 unspecified atom stereocenters. The first-order chi connectivity index (χ1) is 13.4. The highest BCUT2D eigenvalue weighted by atomic mass is 32.2. The number of benzene rings is 2. The molecule has 0 radical (unpaired) electrons. The summed E-state index contributed by atoms with van der Waals surface area (Å²) in [5.74, 6) is -0.574. The average molecular weight is 415 g/mol. The molecule has 0 aromatic heterocycles. The molecule has 1 amide bonds. The second-order valence-electron chi connectivity index (χ2n) is 5.95. The number of rotatable bonds is 6. The Morgan fingerprint density at radius 3 is 2.71 bits per heavy atom. The number of carboxylic acids is 1. The number of hydrogen-bond acceptors (Lipinski definition) is 6. The van der Waals surface area contributed by atoms with Gasteiger partial charge in [0.15, 0.2) is 22.4 Å². The standard InChI is InChI=1S/C20H17NO5S2/c1-12-4-3-5-14(8-12)21-19(24)17(28-20(21)27)10-13-6-7-15(16(9-13)25-2)26-11-18(22)23/h3-10H,11H2,1-2H3,(H,22,23)/b17-10-. The lowest BCUT2D eigenvalue weighted by Gasteiger charge is -2.14. The lowest BCUT2D eigenvalue weighted by molar-refractivity contribution is -0.139. The molecule has 6 nitrogen and oxygen atoms in total. The van der Waals surface area contributed by atoms with Crippen molar-refractivity contribution in [1.29, 1.82) is 0 Å². The molecule has 0 saturated carbocycles. The number of methoxy groups -OCH3 is 1. The Balaban J connectivity index is 1.86. The van der Waals surface area contributed by atoms with Crippen molar-refractivity contribution in [2.45, 2.75) is 6.92 Å². The zero-order valence-corrected chi connectivity index (χ0v) is 16.8. The van der Waals surface area contributed by atoms with E-state index in [1.807, 2.05) is 31.2 Å². The van der Waals surface area contributed by atoms with Gasteiger partial charge >= 0.3 is 5.97 Å². The molecule has 2 aromatic carbocycles. The van der Waals surface area contributed by atoms with Gasteiger partial charge in [-0.05, 0) is 48.4 Å². The van der Waals surface area contributed by atoms with Crippen LogP contribution < -0.4 is 14.4 Å². The summed E-state index contributed by atoms with van der Waals surface area (Å²) in [5, 5.41) is 8.74. The van der Waals surface area contributed by atoms with Crippen LogP contribution in [0.3, 0.4) is 0 Å². The molecule has 3 rings (SSSR count). The third kappa shape index (κ3) is 4.35. The van der Waals surface area contributed by atoms with Gasteiger partial charge < -0.3 is 14.6 Å². The van der Waals surface area contributed by atoms with E-state index >= 15 is 0 Å². The van der Waals surface area contributed by atoms with Gasteiger partial charge in [-0.25, -0.2) is 4.79 Å². The summed E-state index contributed by atoms with van der Waals surface area (Å²) < 4.78 is 10.9. The molecule has 1 heterocycles. The van der Waals surface area contributed by atoms with Crippen molar-refractivity contribution < 1.29 is 24.2 Å². The zero-order valence-electron chi connectivity index (χ0n) is 15.2. The summed E-state index contributed by atoms with van der Waals surface area (Å²) in [5.41, 5.74) is 2.49. The predicted molar refractivity (Wildman–Crippen MR) is 113 cm³/mol. The molecule has 28 heavy (non-hydrogen) atoms. The van der Waals surface area contributed by atoms with E-state index in [0.717, 1.165) is 11.3 Å². The summed E-state index contributed by atoms with van der Waals surface area (Å²) in [4.78, 5) is 25.5. The second kappa shape index (κ2) is 8.45. The predicted octanol–water partition coefficient (Wildman–Crippen LogP) is 3.87. The molecule has 0 aliphatic carbocycles. The number of carboxylic acid groups (broad SMARTS) is 1. The molecule has 0 bridgehead atoms. The maximum atomic E-state index is 12.9. The van der Waals surface area contributed by atoms with Crippen LogP contribution in [0, 0.1) is 6.92 Å². The highest BCUT2D eigenvalue weighted by Crippen LogP contribution is 2.37. The highest BCUT2D eigenvalue weighted by molar-refractivity contribution is 8.27. The Morgan fingerprint density at radius 2 is 2.04 bits per heavy atom. The first-order valence-corrected chi connectivity index (χ1v) is 9.49. The van der Waals surface area contributed by atoms with E-state index in [-0.39, 0.29) is 5.91 Å². The summed E-state index contributed by atoms with van der Waals surface area (Å²) in [7, 11) is 1.46. The maximum absolute atomic E-state index is 12.9. The molecule has 0 spiro atoms. The molecule has 144 valence electrons. The lowest BCUT2D eigenvalue weighted by atomic mass is 10.1. The molecule has 1 fully saturated rings. The van der Waals surface area contributed by atoms with E-state index in [4.69, 9.17) is 26.8 Å². The Hall–Kier alpha value is -2.84. The molecule has 1 aliphatic heterocycles. The highest BCUT2D eigenvalue weighted by Gasteiger charge is 2.33. The Morgan fingerprint density at radius 1 is 1.25 bits per heavy atom. The monoisotopic (exact) mass is 415 g/mol. The zero-order chi connectivity index (χ0) is 20.3. The molecular weight excluding hydrogens is 398 g/mol. The minimum absolute atomic E-state index is 0.189. The van der Waals surface area contributed by atoms with Gasteiger partial charge in [0.1, 0.15) is 0 Å². The number of ether oxygens (including phenoxy) is 2. The van der Waals surface area contributed by atoms with E-state index in [0.29, 0.717) is 26.3 Å². The number of aryl methyl sites for hydroxylation is 1. The molecule has 2 aromatic rings. The molecule has 1 N–H and O–H groups in total. The first-order valence-electron chi connectivity index (χ1n) is 8.26. The molecule has 1 aliphatic rings. The summed E-state index contributed by atoms with van der Waals surface area (Å²) >= 11 is 6.62. The molecule has 1 saturated heterocycles. The number of thiocarbonyl (C=S) groups is 1. The van der Waals surface area contributed by atoms with Gasteiger partial charge in [-0.15, -0.1) is 0 Å². The number of carbonyl (C=O) groups is 2. The summed E-state index contributed by atoms with van der Waals surface area (Å²) in [6.07, 6.45) is 1.72. The average Bonchev–Trinajstić information content (AvgIpc) is 2.93. The van der Waals surface area contributed by atoms with Crippen LogP contribution in [0.2, 0.25) is 0 Å². The van der Waals surface area contributed by atoms with Crippen molar-refractivity contribution >= 4 is 51.9 Å². The van der Waals surface area contributed by atoms with E-state index in [2.05, 4.69) is 0 Å². The number of anilines is 1. The molecule has 0 atom stereocenters. The van der Waals surface area contributed by atoms with Crippen molar-refractivity contribution in [1.82, 2.24) is 0 Å². The fraction of sp³-hybridized carbons (Fsp3) is 0.150. The van der Waals surface area contributed by atoms with Crippen LogP contribution in [0.25, 0.3) is 6.08 Å². The smallest absolute Gasteiger partial charge is 0.341 e. The van der Waals surface area contributed by atoms with Gasteiger partial charge in [-0.3, -0.25) is 9.69 Å². The minimum Gasteiger partial charge on any atom is -0.493 e. The number of aliphatic carboxylic acids is 1. The van der Waals surface area contributed by atoms with Gasteiger partial charge in [-0.2, -0.15) is 0 Å². The van der Waals surface area contributed by atoms with Crippen molar-refractivity contribution in [3.05, 3.63) is 58.5 Å². The molecular formula is C20H17NO5S2. The maximum Gasteiger partial charge on any atom is 0.341 e. The third-order valence-corrected chi connectivity index (χ3v) is 5.19. The first kappa shape index (κ1) is 19.9. The van der Waals surface area contributed by atoms with Crippen LogP contribution >= 0.6 is 24.0 Å². The fourth-order valence-electron chi connectivity index (χ4n) is 2.64. The summed E-state index contributed by atoms with van der Waals surface area (Å²) in [6, 6.07) is 12.6. The topological polar surface area (TPSA) is 76.1 Å². The van der Waals surface area contributed by atoms with Crippen molar-refractivity contribution in [3.8, 4) is 11.5 Å². The fourth-order valence-corrected chi connectivity index (χ4v) is 3.94. The van der Waals surface area contributed by atoms with Crippen molar-refractivity contribution in [3.63, 3.8) is 0 Å². The van der Waals surface area contributed by atoms with Crippen molar-refractivity contribution in [2.75, 3.05) is 18.6 Å². The number of thioether (sulfide) groups is 1. The van der Waals surface area contributed by atoms with Gasteiger partial charge in [0.05, 0.1) is 17.7 Å². The van der Waals surface area contributed by atoms with E-state index in [9.17, 15) is 9.59 Å².